The summed E-state index contributed by atoms with van der Waals surface area (Å²) in [5.41, 5.74) is -0.865. The van der Waals surface area contributed by atoms with Crippen LogP contribution in [0.2, 0.25) is 0 Å². The number of aliphatic hydroxyl groups excluding tert-OH is 3. The van der Waals surface area contributed by atoms with Crippen LogP contribution in [0.5, 0.6) is 17.2 Å². The molecule has 30 nitrogen and oxygen atoms in total. The van der Waals surface area contributed by atoms with E-state index in [9.17, 15) is 91.2 Å². The van der Waals surface area contributed by atoms with E-state index in [0.717, 1.165) is 75.2 Å². The lowest BCUT2D eigenvalue weighted by atomic mass is 9.46. The molecule has 4 aliphatic carbocycles. The lowest BCUT2D eigenvalue weighted by molar-refractivity contribution is -0.247. The van der Waals surface area contributed by atoms with Gasteiger partial charge in [-0.15, -0.1) is 0 Å². The Labute approximate surface area is 880 Å². The third kappa shape index (κ3) is 36.5. The van der Waals surface area contributed by atoms with E-state index >= 15 is 0 Å². The summed E-state index contributed by atoms with van der Waals surface area (Å²) in [4.78, 5) is 97.9. The summed E-state index contributed by atoms with van der Waals surface area (Å²) in [6, 6.07) is 37.3. The number of halogens is 6. The Hall–Kier alpha value is -9.19. The Morgan fingerprint density at radius 3 is 1.40 bits per heavy atom. The first kappa shape index (κ1) is 132. The van der Waals surface area contributed by atoms with Gasteiger partial charge in [-0.25, -0.2) is 18.0 Å². The number of methoxy groups -OCH3 is 2. The molecular formula is C110H162F6O30S3. The second-order valence-corrected chi connectivity index (χ2v) is 48.8. The first-order chi connectivity index (χ1) is 68.5. The van der Waals surface area contributed by atoms with Crippen LogP contribution in [-0.2, 0) is 129 Å². The summed E-state index contributed by atoms with van der Waals surface area (Å²) in [7, 11) is -11.4. The van der Waals surface area contributed by atoms with Crippen molar-refractivity contribution >= 4 is 78.9 Å². The van der Waals surface area contributed by atoms with Crippen molar-refractivity contribution in [2.24, 2.45) is 56.2 Å². The fourth-order valence-corrected chi connectivity index (χ4v) is 19.1. The minimum Gasteiger partial charge on any atom is -0.743 e. The number of carbonyl (C=O) groups excluding carboxylic acids is 8. The van der Waals surface area contributed by atoms with Crippen LogP contribution >= 0.6 is 0 Å². The lowest BCUT2D eigenvalue weighted by Gasteiger charge is -2.61. The molecule has 3 aliphatic heterocycles. The van der Waals surface area contributed by atoms with E-state index in [1.807, 2.05) is 133 Å². The number of ether oxygens (including phenoxy) is 13. The summed E-state index contributed by atoms with van der Waals surface area (Å²) in [6.45, 7) is 54.7. The topological polar surface area (TPSA) is 418 Å². The zero-order valence-electron chi connectivity index (χ0n) is 92.4. The van der Waals surface area contributed by atoms with Gasteiger partial charge in [0, 0.05) is 24.5 Å². The molecule has 149 heavy (non-hydrogen) atoms. The molecule has 0 spiro atoms. The van der Waals surface area contributed by atoms with Crippen LogP contribution in [-0.4, -0.2) is 195 Å². The number of benzene rings is 5. The van der Waals surface area contributed by atoms with E-state index < -0.39 is 137 Å². The van der Waals surface area contributed by atoms with E-state index in [0.29, 0.717) is 42.5 Å². The molecular weight excluding hydrogens is 2010 g/mol. The van der Waals surface area contributed by atoms with Gasteiger partial charge in [-0.3, -0.25) is 28.8 Å². The molecule has 39 heteroatoms. The molecule has 7 fully saturated rings. The van der Waals surface area contributed by atoms with Gasteiger partial charge < -0.3 is 85.6 Å². The van der Waals surface area contributed by atoms with Gasteiger partial charge in [-0.1, -0.05) is 124 Å². The fraction of sp³-hybridized carbons (Fsp3) is 0.655. The van der Waals surface area contributed by atoms with Crippen molar-refractivity contribution in [2.45, 2.75) is 387 Å². The molecule has 0 radical (unpaired) electrons. The second-order valence-electron chi connectivity index (χ2n) is 43.8. The Kier molecular flexibility index (Phi) is 48.4. The predicted molar refractivity (Wildman–Crippen MR) is 547 cm³/mol. The van der Waals surface area contributed by atoms with Crippen molar-refractivity contribution in [1.29, 1.82) is 0 Å². The van der Waals surface area contributed by atoms with Gasteiger partial charge in [-0.05, 0) is 303 Å². The summed E-state index contributed by atoms with van der Waals surface area (Å²) in [5.74, 6) is -8.43. The number of alkyl halides is 6. The number of carbonyl (C=O) groups is 8. The first-order valence-electron chi connectivity index (χ1n) is 50.3. The van der Waals surface area contributed by atoms with Crippen LogP contribution in [0.15, 0.2) is 142 Å². The molecule has 3 N–H and O–H groups in total. The van der Waals surface area contributed by atoms with Gasteiger partial charge in [0.15, 0.2) is 49.1 Å². The van der Waals surface area contributed by atoms with Crippen molar-refractivity contribution in [3.8, 4) is 17.2 Å². The third-order valence-corrected chi connectivity index (χ3v) is 32.0. The quantitative estimate of drug-likeness (QED) is 0.00637. The zero-order valence-corrected chi connectivity index (χ0v) is 94.8. The average molecular weight is 2170 g/mol. The Bertz CT molecular complexity index is 5260. The van der Waals surface area contributed by atoms with Crippen LogP contribution < -0.4 is 13.7 Å². The average Bonchev–Trinajstić information content (AvgIpc) is 1.68. The van der Waals surface area contributed by atoms with Crippen LogP contribution in [0.3, 0.4) is 0 Å². The number of fused-ring (bicyclic) bond motifs is 3. The lowest BCUT2D eigenvalue weighted by Crippen LogP contribution is -2.61. The van der Waals surface area contributed by atoms with E-state index in [-0.39, 0.29) is 94.6 Å². The smallest absolute Gasteiger partial charge is 0.450 e. The maximum atomic E-state index is 13.8. The van der Waals surface area contributed by atoms with Crippen molar-refractivity contribution < 1.29 is 167 Å². The summed E-state index contributed by atoms with van der Waals surface area (Å²) in [6.07, 6.45) is 8.08. The molecule has 0 amide bonds. The maximum Gasteiger partial charge on any atom is 0.450 e. The number of aliphatic hydroxyl groups is 3. The van der Waals surface area contributed by atoms with E-state index in [1.54, 1.807) is 69.6 Å². The van der Waals surface area contributed by atoms with Crippen LogP contribution in [0.4, 0.5) is 26.3 Å². The maximum absolute atomic E-state index is 13.8. The second kappa shape index (κ2) is 54.6. The molecule has 7 aliphatic rings. The van der Waals surface area contributed by atoms with Crippen molar-refractivity contribution in [2.75, 3.05) is 34.0 Å². The Balaban J connectivity index is 0.000000368. The highest BCUT2D eigenvalue weighted by Gasteiger charge is 2.81. The largest absolute Gasteiger partial charge is 0.743 e. The molecule has 3 saturated heterocycles. The highest BCUT2D eigenvalue weighted by atomic mass is 32.2. The zero-order chi connectivity index (χ0) is 114. The summed E-state index contributed by atoms with van der Waals surface area (Å²) >= 11 is 0. The number of rotatable bonds is 36. The van der Waals surface area contributed by atoms with Gasteiger partial charge in [0.2, 0.25) is 12.4 Å². The van der Waals surface area contributed by atoms with E-state index in [1.165, 1.54) is 57.4 Å². The summed E-state index contributed by atoms with van der Waals surface area (Å²) in [5, 5.41) is 12.7. The van der Waals surface area contributed by atoms with Crippen LogP contribution in [0.1, 0.15) is 306 Å². The highest BCUT2D eigenvalue weighted by Crippen LogP contribution is 2.65. The van der Waals surface area contributed by atoms with Crippen LogP contribution in [0, 0.1) is 56.2 Å². The molecule has 4 saturated carbocycles. The van der Waals surface area contributed by atoms with Gasteiger partial charge in [0.05, 0.1) is 83.0 Å². The molecule has 842 valence electrons. The first-order valence-corrected chi connectivity index (χ1v) is 54.4. The highest BCUT2D eigenvalue weighted by molar-refractivity contribution is 7.97. The van der Waals surface area contributed by atoms with Gasteiger partial charge >= 0.3 is 74.3 Å². The monoisotopic (exact) mass is 2170 g/mol. The fourth-order valence-electron chi connectivity index (χ4n) is 15.5. The molecule has 4 bridgehead atoms. The Morgan fingerprint density at radius 1 is 0.517 bits per heavy atom. The van der Waals surface area contributed by atoms with E-state index in [2.05, 4.69) is 112 Å². The van der Waals surface area contributed by atoms with Crippen molar-refractivity contribution in [3.05, 3.63) is 144 Å². The van der Waals surface area contributed by atoms with Gasteiger partial charge in [0.1, 0.15) is 47.8 Å². The number of hydrogen-bond acceptors (Lipinski definition) is 30. The SMILES string of the molecule is CCC(C)(C)C(=O)OC(C)(C)C.CCC(C)(C)C(=O)OC(C)(C)C12CC3CC(CC(C3)C1)C2.CCC(C)(C)C(=O)OC(C)OC(=O)c1ccc(OS(=O)(=O)C(F)(F)C(F)(F)C(F)(F)S(=O)(=O)[O-])cc1.CCC(C)(C)C(=O)OC1C(=O)OC2C3OC(C)(C)OC3OC12.CCC(C)(C)C(=O)OCCO.CCC(C)(C)c1ccccc1.CCC(C)C(=O)OCC(C)O.COc1cccc([S+](c2cccc(CO)c2)c2cccc(OC)c2)c1. The van der Waals surface area contributed by atoms with Crippen molar-refractivity contribution in [1.82, 2.24) is 0 Å². The minimum atomic E-state index is -7.44. The summed E-state index contributed by atoms with van der Waals surface area (Å²) < 4.78 is 208. The molecule has 0 aromatic heterocycles. The van der Waals surface area contributed by atoms with Gasteiger partial charge in [-0.2, -0.15) is 34.8 Å². The molecule has 3 heterocycles. The van der Waals surface area contributed by atoms with Crippen molar-refractivity contribution in [3.63, 3.8) is 0 Å². The molecule has 12 rings (SSSR count). The number of esters is 8. The van der Waals surface area contributed by atoms with E-state index in [4.69, 9.17) is 71.8 Å². The molecule has 5 aromatic carbocycles. The number of hydrogen-bond donors (Lipinski definition) is 3. The third-order valence-electron chi connectivity index (χ3n) is 27.6. The molecule has 8 atom stereocenters. The molecule has 5 aromatic rings. The standard InChI is InChI=1S/C21H21O3S.C19H32O2.C18H20F6O10S2.C15H22O7.C11H16.C10H20O2.2C8H16O3/c1-23-17-7-4-10-20(13-17)25(19-9-3-6-16(12-19)15-22)21-11-5-8-18(14-21)24-2;1-6-17(2,3)16(20)21-18(4,5)19-10-13-7-14(11-19)9-15(8-13)12-19;1-5-15(3,4)14(26)33-10(2)32-13(25)11-6-8-12(9-7-11)34-36(30,31)18(23,24)16(19,20)17(21,22)35(27,28)29;1-6-14(2,3)13(17)20-9-7-8(18-11(9)16)10-12(19-7)22-15(4,5)21-10;1-4-11(2,3)10-8-6-5-7-9-10;1-7-10(5,6)8(11)12-9(2,3)4;1-4-8(2,3)7(10)11-6-5-9;1-4-6(2)8(10)11-5-7(3)9/h3-14,22H,15H2,1-2H3;13-15H,6-12H2,1-5H3;6-10H,5H2,1-4H3,(H,27,28,29);7-10,12H,6H2,1-5H3;5-9H,4H2,1-3H3;7H2,1-6H3;9H,4-6H2,1-3H3;6-7,9H,4-5H2,1-3H3/q+1;;;;;;;/p-1. The normalized spacial score (nSPS) is 20.5. The van der Waals surface area contributed by atoms with Gasteiger partial charge in [0.25, 0.3) is 0 Å². The predicted octanol–water partition coefficient (Wildman–Crippen LogP) is 21.7. The Morgan fingerprint density at radius 2 is 0.966 bits per heavy atom. The molecule has 8 unspecified atom stereocenters. The minimum absolute atomic E-state index is 0.00857. The van der Waals surface area contributed by atoms with Crippen LogP contribution in [0.25, 0.3) is 0 Å².